The van der Waals surface area contributed by atoms with Crippen LogP contribution in [0.25, 0.3) is 0 Å². The number of carbonyl (C=O) groups excluding carboxylic acids is 1. The molecule has 2 aromatic rings. The molecule has 1 fully saturated rings. The minimum Gasteiger partial charge on any atom is -0.412 e. The summed E-state index contributed by atoms with van der Waals surface area (Å²) in [6.45, 7) is 4.83. The first kappa shape index (κ1) is 27.1. The van der Waals surface area contributed by atoms with Crippen molar-refractivity contribution in [3.63, 3.8) is 0 Å². The average Bonchev–Trinajstić information content (AvgIpc) is 2.95. The molecule has 0 aliphatic carbocycles. The van der Waals surface area contributed by atoms with E-state index in [0.717, 1.165) is 50.1 Å². The Morgan fingerprint density at radius 2 is 1.58 bits per heavy atom. The van der Waals surface area contributed by atoms with Crippen molar-refractivity contribution in [2.75, 3.05) is 57.3 Å². The first-order valence-corrected chi connectivity index (χ1v) is 11.0. The lowest BCUT2D eigenvalue weighted by molar-refractivity contribution is -0.120. The number of hydrogen-bond acceptors (Lipinski definition) is 4. The van der Waals surface area contributed by atoms with E-state index in [9.17, 15) is 13.6 Å². The smallest absolute Gasteiger partial charge is 0.241 e. The molecule has 0 radical (unpaired) electrons. The number of amides is 1. The maximum atomic E-state index is 14.2. The summed E-state index contributed by atoms with van der Waals surface area (Å²) in [4.78, 5) is 19.3. The molecule has 0 spiro atoms. The van der Waals surface area contributed by atoms with Crippen LogP contribution in [0.15, 0.2) is 42.5 Å². The Bertz CT molecular complexity index is 908. The van der Waals surface area contributed by atoms with Crippen molar-refractivity contribution in [3.05, 3.63) is 65.2 Å². The summed E-state index contributed by atoms with van der Waals surface area (Å²) >= 11 is 0. The minimum atomic E-state index is -0.367. The molecule has 1 unspecified atom stereocenters. The number of fused-ring (bicyclic) bond motifs is 1. The van der Waals surface area contributed by atoms with E-state index in [1.807, 2.05) is 0 Å². The number of anilines is 1. The van der Waals surface area contributed by atoms with E-state index in [0.29, 0.717) is 25.3 Å². The fraction of sp³-hybridized carbons (Fsp3) is 0.458. The highest BCUT2D eigenvalue weighted by atomic mass is 35.5. The van der Waals surface area contributed by atoms with Gasteiger partial charge in [0.25, 0.3) is 0 Å². The van der Waals surface area contributed by atoms with Crippen LogP contribution >= 0.6 is 12.4 Å². The van der Waals surface area contributed by atoms with E-state index < -0.39 is 0 Å². The second-order valence-corrected chi connectivity index (χ2v) is 8.34. The number of carbonyl (C=O) groups is 1. The highest BCUT2D eigenvalue weighted by molar-refractivity contribution is 5.96. The van der Waals surface area contributed by atoms with E-state index in [-0.39, 0.29) is 47.9 Å². The predicted molar refractivity (Wildman–Crippen MR) is 127 cm³/mol. The number of hydrogen-bond donors (Lipinski definition) is 1. The number of aliphatic hydroxyl groups excluding tert-OH is 1. The van der Waals surface area contributed by atoms with Gasteiger partial charge < -0.3 is 15.5 Å². The van der Waals surface area contributed by atoms with Crippen molar-refractivity contribution in [2.24, 2.45) is 0 Å². The van der Waals surface area contributed by atoms with E-state index in [4.69, 9.17) is 5.11 Å². The van der Waals surface area contributed by atoms with E-state index in [1.54, 1.807) is 23.1 Å². The largest absolute Gasteiger partial charge is 0.412 e. The fourth-order valence-corrected chi connectivity index (χ4v) is 4.66. The molecule has 1 atom stereocenters. The number of nitrogens with zero attached hydrogens (tertiary/aromatic N) is 3. The van der Waals surface area contributed by atoms with Gasteiger partial charge in [0.2, 0.25) is 5.91 Å². The molecule has 2 aliphatic rings. The zero-order valence-electron chi connectivity index (χ0n) is 18.6. The van der Waals surface area contributed by atoms with Crippen molar-refractivity contribution in [1.82, 2.24) is 9.80 Å². The highest BCUT2D eigenvalue weighted by Gasteiger charge is 2.29. The maximum absolute atomic E-state index is 14.2. The number of β-amino-alcohol motifs (C(OH)–C–C–N with tert-alkyl or cyclic N) is 1. The summed E-state index contributed by atoms with van der Waals surface area (Å²) < 4.78 is 27.6. The van der Waals surface area contributed by atoms with Crippen LogP contribution in [-0.2, 0) is 4.79 Å². The highest BCUT2D eigenvalue weighted by Crippen LogP contribution is 2.39. The zero-order chi connectivity index (χ0) is 21.8. The standard InChI is InChI=1S/C24H29F2N3O2.ClH.H2O/c25-19-5-3-18(4-6-19)21-2-1-9-29(23-16-20(26)7-8-22(21)23)24(31)17-28-12-10-27(11-13-28)14-15-30;;/h3-8,16,21,30H,1-2,9-15,17H2;1H;1H2. The fourth-order valence-electron chi connectivity index (χ4n) is 4.66. The van der Waals surface area contributed by atoms with Gasteiger partial charge in [0.15, 0.2) is 0 Å². The van der Waals surface area contributed by atoms with E-state index in [2.05, 4.69) is 9.80 Å². The average molecular weight is 484 g/mol. The number of benzene rings is 2. The topological polar surface area (TPSA) is 78.5 Å². The van der Waals surface area contributed by atoms with Gasteiger partial charge in [0.05, 0.1) is 18.8 Å². The van der Waals surface area contributed by atoms with Gasteiger partial charge in [-0.3, -0.25) is 14.6 Å². The summed E-state index contributed by atoms with van der Waals surface area (Å²) in [5.41, 5.74) is 2.51. The Morgan fingerprint density at radius 3 is 2.24 bits per heavy atom. The molecule has 0 bridgehead atoms. The van der Waals surface area contributed by atoms with Crippen LogP contribution in [0.4, 0.5) is 14.5 Å². The van der Waals surface area contributed by atoms with Gasteiger partial charge >= 0.3 is 0 Å². The van der Waals surface area contributed by atoms with Crippen molar-refractivity contribution in [2.45, 2.75) is 18.8 Å². The summed E-state index contributed by atoms with van der Waals surface area (Å²) in [6, 6.07) is 11.1. The van der Waals surface area contributed by atoms with Crippen LogP contribution in [0.3, 0.4) is 0 Å². The Morgan fingerprint density at radius 1 is 0.939 bits per heavy atom. The molecule has 4 rings (SSSR count). The van der Waals surface area contributed by atoms with Crippen LogP contribution in [-0.4, -0.2) is 78.7 Å². The molecular formula is C24H32ClF2N3O3. The molecule has 1 saturated heterocycles. The van der Waals surface area contributed by atoms with Crippen molar-refractivity contribution >= 4 is 24.0 Å². The van der Waals surface area contributed by atoms with Gasteiger partial charge in [0, 0.05) is 45.2 Å². The Labute approximate surface area is 199 Å². The summed E-state index contributed by atoms with van der Waals surface area (Å²) in [5, 5.41) is 9.09. The first-order chi connectivity index (χ1) is 15.0. The third kappa shape index (κ3) is 6.49. The zero-order valence-corrected chi connectivity index (χ0v) is 19.4. The molecule has 9 heteroatoms. The SMILES string of the molecule is Cl.O.O=C(CN1CCN(CCO)CC1)N1CCCC(c2ccc(F)cc2)c2ccc(F)cc21. The van der Waals surface area contributed by atoms with Crippen LogP contribution in [0.2, 0.25) is 0 Å². The molecule has 6 nitrogen and oxygen atoms in total. The van der Waals surface area contributed by atoms with Crippen LogP contribution in [0.5, 0.6) is 0 Å². The van der Waals surface area contributed by atoms with Crippen LogP contribution < -0.4 is 4.90 Å². The Kier molecular flexibility index (Phi) is 10.2. The Hall–Kier alpha value is -2.10. The number of aliphatic hydroxyl groups is 1. The van der Waals surface area contributed by atoms with Gasteiger partial charge in [-0.25, -0.2) is 8.78 Å². The summed E-state index contributed by atoms with van der Waals surface area (Å²) in [7, 11) is 0. The number of halogens is 3. The van der Waals surface area contributed by atoms with E-state index in [1.165, 1.54) is 24.3 Å². The molecule has 182 valence electrons. The second-order valence-electron chi connectivity index (χ2n) is 8.34. The van der Waals surface area contributed by atoms with Crippen molar-refractivity contribution < 1.29 is 24.2 Å². The van der Waals surface area contributed by atoms with Crippen LogP contribution in [0, 0.1) is 11.6 Å². The van der Waals surface area contributed by atoms with Crippen LogP contribution in [0.1, 0.15) is 29.9 Å². The molecule has 2 heterocycles. The molecule has 2 aromatic carbocycles. The molecule has 33 heavy (non-hydrogen) atoms. The van der Waals surface area contributed by atoms with Crippen molar-refractivity contribution in [1.29, 1.82) is 0 Å². The summed E-state index contributed by atoms with van der Waals surface area (Å²) in [6.07, 6.45) is 1.60. The predicted octanol–water partition coefficient (Wildman–Crippen LogP) is 2.43. The lowest BCUT2D eigenvalue weighted by Gasteiger charge is -2.35. The molecule has 1 amide bonds. The molecule has 0 aromatic heterocycles. The second kappa shape index (κ2) is 12.4. The maximum Gasteiger partial charge on any atom is 0.241 e. The summed E-state index contributed by atoms with van der Waals surface area (Å²) in [5.74, 6) is -0.681. The van der Waals surface area contributed by atoms with Gasteiger partial charge in [-0.2, -0.15) is 0 Å². The minimum absolute atomic E-state index is 0. The normalized spacial score (nSPS) is 19.1. The van der Waals surface area contributed by atoms with Gasteiger partial charge in [-0.05, 0) is 48.2 Å². The van der Waals surface area contributed by atoms with Crippen molar-refractivity contribution in [3.8, 4) is 0 Å². The monoisotopic (exact) mass is 483 g/mol. The quantitative estimate of drug-likeness (QED) is 0.708. The third-order valence-electron chi connectivity index (χ3n) is 6.35. The number of rotatable bonds is 5. The number of piperazine rings is 1. The molecule has 2 aliphatic heterocycles. The van der Waals surface area contributed by atoms with Gasteiger partial charge in [-0.1, -0.05) is 18.2 Å². The van der Waals surface area contributed by atoms with E-state index >= 15 is 0 Å². The Balaban J connectivity index is 0.00000193. The van der Waals surface area contributed by atoms with Gasteiger partial charge in [0.1, 0.15) is 11.6 Å². The lowest BCUT2D eigenvalue weighted by Crippen LogP contribution is -2.50. The molecule has 0 saturated carbocycles. The first-order valence-electron chi connectivity index (χ1n) is 11.0. The van der Waals surface area contributed by atoms with Gasteiger partial charge in [-0.15, -0.1) is 12.4 Å². The third-order valence-corrected chi connectivity index (χ3v) is 6.35. The molecule has 3 N–H and O–H groups in total. The molecular weight excluding hydrogens is 452 g/mol. The lowest BCUT2D eigenvalue weighted by atomic mass is 9.87.